The average molecular weight is 612 g/mol. The van der Waals surface area contributed by atoms with E-state index in [1.54, 1.807) is 24.3 Å². The Morgan fingerprint density at radius 2 is 2.00 bits per heavy atom. The van der Waals surface area contributed by atoms with Gasteiger partial charge in [0.25, 0.3) is 17.9 Å². The molecule has 3 heterocycles. The van der Waals surface area contributed by atoms with Crippen molar-refractivity contribution >= 4 is 56.3 Å². The van der Waals surface area contributed by atoms with Crippen molar-refractivity contribution in [2.75, 3.05) is 25.4 Å². The highest BCUT2D eigenvalue weighted by Gasteiger charge is 2.51. The number of anilines is 1. The lowest BCUT2D eigenvalue weighted by Gasteiger charge is -2.42. The molecule has 2 fully saturated rings. The standard InChI is InChI=1S/C21H25N9O9S2/c1-9-14(19(32)30(9)41(35,36)37)26-18(31)15(17-27-21(23)40-29-17)28-39-13(20(33)34)8-38-12-4-2-10(3-5-12)16(22)25-11-6-24-7-11/h2-5,9,11,13-14,24H,6-8H2,1H3,(H2,22,25)(H,26,31)(H,33,34)(H2,23,27,29)(H,35,36,37)/b28-15-/t9-,13-,14-/m0/s1. The summed E-state index contributed by atoms with van der Waals surface area (Å²) in [7, 11) is -4.83. The zero-order valence-corrected chi connectivity index (χ0v) is 22.8. The Kier molecular flexibility index (Phi) is 8.66. The minimum absolute atomic E-state index is 0.0552. The fourth-order valence-electron chi connectivity index (χ4n) is 3.66. The van der Waals surface area contributed by atoms with Gasteiger partial charge in [-0.3, -0.25) is 19.6 Å². The number of nitrogens with zero attached hydrogens (tertiary/aromatic N) is 4. The minimum Gasteiger partial charge on any atom is -0.489 e. The van der Waals surface area contributed by atoms with Gasteiger partial charge in [-0.2, -0.15) is 17.8 Å². The molecule has 0 spiro atoms. The molecule has 0 bridgehead atoms. The third-order valence-electron chi connectivity index (χ3n) is 5.96. The first kappa shape index (κ1) is 29.6. The summed E-state index contributed by atoms with van der Waals surface area (Å²) in [5, 5.41) is 29.6. The summed E-state index contributed by atoms with van der Waals surface area (Å²) in [4.78, 5) is 45.7. The molecule has 2 aromatic rings. The van der Waals surface area contributed by atoms with Crippen molar-refractivity contribution in [3.8, 4) is 5.75 Å². The third kappa shape index (κ3) is 6.85. The number of amides is 2. The second-order valence-electron chi connectivity index (χ2n) is 8.84. The maximum atomic E-state index is 12.9. The van der Waals surface area contributed by atoms with E-state index in [-0.39, 0.29) is 32.9 Å². The quantitative estimate of drug-likeness (QED) is 0.0440. The van der Waals surface area contributed by atoms with E-state index in [9.17, 15) is 27.9 Å². The number of nitrogens with two attached hydrogens (primary N) is 1. The molecule has 1 aromatic carbocycles. The van der Waals surface area contributed by atoms with Gasteiger partial charge < -0.3 is 36.4 Å². The van der Waals surface area contributed by atoms with Crippen molar-refractivity contribution in [2.45, 2.75) is 31.2 Å². The molecule has 0 radical (unpaired) electrons. The summed E-state index contributed by atoms with van der Waals surface area (Å²) in [6, 6.07) is 4.03. The summed E-state index contributed by atoms with van der Waals surface area (Å²) in [6.07, 6.45) is -1.71. The summed E-state index contributed by atoms with van der Waals surface area (Å²) < 4.78 is 41.3. The van der Waals surface area contributed by atoms with E-state index >= 15 is 0 Å². The van der Waals surface area contributed by atoms with E-state index < -0.39 is 58.6 Å². The van der Waals surface area contributed by atoms with Crippen LogP contribution in [0, 0.1) is 5.41 Å². The fourth-order valence-corrected chi connectivity index (χ4v) is 4.98. The summed E-state index contributed by atoms with van der Waals surface area (Å²) in [5.74, 6) is -3.52. The first-order valence-electron chi connectivity index (χ1n) is 11.8. The number of hydrogen-bond donors (Lipinski definition) is 7. The van der Waals surface area contributed by atoms with Crippen LogP contribution in [0.4, 0.5) is 5.13 Å². The molecule has 18 nitrogen and oxygen atoms in total. The molecule has 41 heavy (non-hydrogen) atoms. The summed E-state index contributed by atoms with van der Waals surface area (Å²) >= 11 is 0.701. The van der Waals surface area contributed by atoms with Crippen LogP contribution in [0.25, 0.3) is 0 Å². The molecular formula is C21H25N9O9S2. The highest BCUT2D eigenvalue weighted by atomic mass is 32.2. The van der Waals surface area contributed by atoms with Crippen molar-refractivity contribution < 1.29 is 42.0 Å². The highest BCUT2D eigenvalue weighted by molar-refractivity contribution is 7.84. The topological polar surface area (TPSA) is 272 Å². The Labute approximate surface area is 236 Å². The number of ether oxygens (including phenoxy) is 1. The normalized spacial score (nSPS) is 19.9. The van der Waals surface area contributed by atoms with E-state index in [1.165, 1.54) is 6.92 Å². The monoisotopic (exact) mass is 611 g/mol. The lowest BCUT2D eigenvalue weighted by atomic mass is 10.0. The molecule has 0 aliphatic carbocycles. The van der Waals surface area contributed by atoms with Crippen molar-refractivity contribution in [3.05, 3.63) is 35.7 Å². The van der Waals surface area contributed by atoms with Crippen molar-refractivity contribution in [1.29, 1.82) is 5.41 Å². The second kappa shape index (κ2) is 12.0. The first-order valence-corrected chi connectivity index (χ1v) is 14.0. The number of oxime groups is 1. The van der Waals surface area contributed by atoms with Crippen molar-refractivity contribution in [1.82, 2.24) is 29.6 Å². The number of nitrogens with one attached hydrogen (secondary N) is 4. The molecule has 8 N–H and O–H groups in total. The Balaban J connectivity index is 1.42. The van der Waals surface area contributed by atoms with Crippen LogP contribution < -0.4 is 26.4 Å². The van der Waals surface area contributed by atoms with Gasteiger partial charge in [-0.1, -0.05) is 5.16 Å². The van der Waals surface area contributed by atoms with Crippen LogP contribution in [0.3, 0.4) is 0 Å². The van der Waals surface area contributed by atoms with Gasteiger partial charge in [0.05, 0.1) is 12.1 Å². The Morgan fingerprint density at radius 3 is 2.51 bits per heavy atom. The van der Waals surface area contributed by atoms with Crippen LogP contribution in [0.1, 0.15) is 18.3 Å². The average Bonchev–Trinajstić information content (AvgIpc) is 3.31. The van der Waals surface area contributed by atoms with E-state index in [2.05, 4.69) is 30.5 Å². The molecule has 1 aromatic heterocycles. The van der Waals surface area contributed by atoms with Gasteiger partial charge in [-0.05, 0) is 31.2 Å². The lowest BCUT2D eigenvalue weighted by molar-refractivity contribution is -0.152. The molecule has 2 saturated heterocycles. The maximum Gasteiger partial charge on any atom is 0.362 e. The molecule has 0 unspecified atom stereocenters. The van der Waals surface area contributed by atoms with Crippen LogP contribution in [-0.2, 0) is 29.5 Å². The number of rotatable bonds is 12. The molecule has 3 atom stereocenters. The van der Waals surface area contributed by atoms with Gasteiger partial charge in [0.2, 0.25) is 11.5 Å². The van der Waals surface area contributed by atoms with E-state index in [4.69, 9.17) is 25.3 Å². The number of nitrogen functional groups attached to an aromatic ring is 1. The number of carbonyl (C=O) groups excluding carboxylic acids is 2. The zero-order chi connectivity index (χ0) is 29.9. The molecule has 2 amide bonds. The van der Waals surface area contributed by atoms with Gasteiger partial charge in [-0.15, -0.1) is 0 Å². The van der Waals surface area contributed by atoms with Gasteiger partial charge in [-0.25, -0.2) is 9.10 Å². The molecule has 0 saturated carbocycles. The van der Waals surface area contributed by atoms with Crippen molar-refractivity contribution in [3.63, 3.8) is 0 Å². The fraction of sp³-hybridized carbons (Fsp3) is 0.381. The Bertz CT molecular complexity index is 1480. The SMILES string of the molecule is C[C@H]1[C@H](NC(=O)/C(=N\O[C@@H](COc2ccc(C(=N)NC3CNC3)cc2)C(=O)O)c2nsc(N)n2)C(=O)N1S(=O)(=O)O. The van der Waals surface area contributed by atoms with Gasteiger partial charge >= 0.3 is 16.3 Å². The van der Waals surface area contributed by atoms with Gasteiger partial charge in [0.15, 0.2) is 5.13 Å². The Morgan fingerprint density at radius 1 is 1.32 bits per heavy atom. The molecule has 220 valence electrons. The van der Waals surface area contributed by atoms with Crippen molar-refractivity contribution in [2.24, 2.45) is 5.16 Å². The number of β-lactam (4-membered cyclic amide) rings is 1. The number of aromatic nitrogens is 2. The van der Waals surface area contributed by atoms with Crippen LogP contribution in [0.15, 0.2) is 29.4 Å². The molecule has 4 rings (SSSR count). The van der Waals surface area contributed by atoms with E-state index in [0.717, 1.165) is 13.1 Å². The number of carbonyl (C=O) groups is 3. The number of aliphatic carboxylic acids is 1. The van der Waals surface area contributed by atoms with Crippen LogP contribution >= 0.6 is 11.5 Å². The number of benzene rings is 1. The largest absolute Gasteiger partial charge is 0.489 e. The smallest absolute Gasteiger partial charge is 0.362 e. The van der Waals surface area contributed by atoms with Crippen LogP contribution in [0.2, 0.25) is 0 Å². The zero-order valence-electron chi connectivity index (χ0n) is 21.2. The van der Waals surface area contributed by atoms with Gasteiger partial charge in [0, 0.05) is 30.2 Å². The highest BCUT2D eigenvalue weighted by Crippen LogP contribution is 2.23. The summed E-state index contributed by atoms with van der Waals surface area (Å²) in [6.45, 7) is 2.26. The molecule has 2 aliphatic rings. The first-order chi connectivity index (χ1) is 19.3. The molecule has 20 heteroatoms. The predicted molar refractivity (Wildman–Crippen MR) is 142 cm³/mol. The third-order valence-corrected chi connectivity index (χ3v) is 7.51. The summed E-state index contributed by atoms with van der Waals surface area (Å²) in [5.41, 5.74) is 5.53. The number of carboxylic acid groups (broad SMARTS) is 1. The van der Waals surface area contributed by atoms with Gasteiger partial charge in [0.1, 0.15) is 24.2 Å². The number of carboxylic acids is 1. The maximum absolute atomic E-state index is 12.9. The van der Waals surface area contributed by atoms with E-state index in [1.807, 2.05) is 0 Å². The minimum atomic E-state index is -4.83. The molecular weight excluding hydrogens is 586 g/mol. The number of hydrogen-bond acceptors (Lipinski definition) is 14. The molecule has 2 aliphatic heterocycles. The number of amidine groups is 1. The van der Waals surface area contributed by atoms with Crippen LogP contribution in [-0.4, -0.2) is 105 Å². The predicted octanol–water partition coefficient (Wildman–Crippen LogP) is -2.22. The lowest BCUT2D eigenvalue weighted by Crippen LogP contribution is -2.71. The Hall–Kier alpha value is -4.40. The van der Waals surface area contributed by atoms with Crippen LogP contribution in [0.5, 0.6) is 5.75 Å². The van der Waals surface area contributed by atoms with E-state index in [0.29, 0.717) is 17.1 Å². The second-order valence-corrected chi connectivity index (χ2v) is 10.9.